The molecule has 14 heteroatoms. The largest absolute Gasteiger partial charge is 0.496 e. The van der Waals surface area contributed by atoms with Crippen molar-refractivity contribution in [3.8, 4) is 18.1 Å². The van der Waals surface area contributed by atoms with Gasteiger partial charge in [-0.3, -0.25) is 0 Å². The Labute approximate surface area is 227 Å². The lowest BCUT2D eigenvalue weighted by Crippen LogP contribution is -2.30. The number of benzene rings is 2. The van der Waals surface area contributed by atoms with E-state index >= 15 is 0 Å². The SMILES string of the molecule is C#CCCC1(CCNC(c2ccc(CF)cc2)c2nnnn2Cc2ccccc2OC)N=N1.O=C(O)C(F)(F)F. The van der Waals surface area contributed by atoms with Crippen molar-refractivity contribution in [2.24, 2.45) is 10.2 Å². The Balaban J connectivity index is 0.000000559. The van der Waals surface area contributed by atoms with Crippen molar-refractivity contribution in [2.75, 3.05) is 13.7 Å². The molecule has 2 N–H and O–H groups in total. The topological polar surface area (TPSA) is 127 Å². The van der Waals surface area contributed by atoms with E-state index in [1.165, 1.54) is 0 Å². The highest BCUT2D eigenvalue weighted by Gasteiger charge is 2.39. The van der Waals surface area contributed by atoms with Gasteiger partial charge in [0.25, 0.3) is 0 Å². The molecule has 2 aromatic carbocycles. The monoisotopic (exact) mass is 561 g/mol. The van der Waals surface area contributed by atoms with Crippen LogP contribution in [0, 0.1) is 12.3 Å². The van der Waals surface area contributed by atoms with Crippen LogP contribution in [0.4, 0.5) is 17.6 Å². The molecule has 4 rings (SSSR count). The number of tetrazole rings is 1. The summed E-state index contributed by atoms with van der Waals surface area (Å²) in [6, 6.07) is 14.8. The van der Waals surface area contributed by atoms with Crippen molar-refractivity contribution in [1.29, 1.82) is 0 Å². The van der Waals surface area contributed by atoms with E-state index < -0.39 is 18.8 Å². The predicted molar refractivity (Wildman–Crippen MR) is 135 cm³/mol. The van der Waals surface area contributed by atoms with Crippen molar-refractivity contribution >= 4 is 5.97 Å². The Morgan fingerprint density at radius 2 is 1.85 bits per heavy atom. The van der Waals surface area contributed by atoms with Gasteiger partial charge in [-0.1, -0.05) is 42.5 Å². The lowest BCUT2D eigenvalue weighted by Gasteiger charge is -2.20. The lowest BCUT2D eigenvalue weighted by molar-refractivity contribution is -0.192. The number of hydrogen-bond acceptors (Lipinski definition) is 8. The van der Waals surface area contributed by atoms with E-state index in [4.69, 9.17) is 21.1 Å². The van der Waals surface area contributed by atoms with Crippen molar-refractivity contribution in [2.45, 2.75) is 50.4 Å². The molecule has 1 aliphatic rings. The molecule has 2 heterocycles. The van der Waals surface area contributed by atoms with Crippen molar-refractivity contribution < 1.29 is 32.2 Å². The average Bonchev–Trinajstić information content (AvgIpc) is 3.57. The first-order chi connectivity index (χ1) is 19.1. The zero-order chi connectivity index (χ0) is 29.2. The Hall–Kier alpha value is -4.38. The molecule has 1 unspecified atom stereocenters. The number of carbonyl (C=O) groups is 1. The van der Waals surface area contributed by atoms with Gasteiger partial charge in [-0.05, 0) is 27.6 Å². The summed E-state index contributed by atoms with van der Waals surface area (Å²) in [7, 11) is 1.64. The highest BCUT2D eigenvalue weighted by atomic mass is 19.4. The number of carboxylic acids is 1. The molecule has 0 saturated heterocycles. The van der Waals surface area contributed by atoms with E-state index in [1.807, 2.05) is 36.4 Å². The van der Waals surface area contributed by atoms with Gasteiger partial charge in [0.15, 0.2) is 11.5 Å². The molecule has 1 aromatic heterocycles. The van der Waals surface area contributed by atoms with Gasteiger partial charge in [-0.15, -0.1) is 17.4 Å². The van der Waals surface area contributed by atoms with Crippen LogP contribution in [0.25, 0.3) is 0 Å². The Morgan fingerprint density at radius 1 is 1.18 bits per heavy atom. The maximum absolute atomic E-state index is 13.1. The quantitative estimate of drug-likeness (QED) is 0.247. The molecule has 0 aliphatic carbocycles. The summed E-state index contributed by atoms with van der Waals surface area (Å²) in [5.41, 5.74) is 2.13. The number of nitrogens with one attached hydrogen (secondary N) is 1. The fraction of sp³-hybridized carbons (Fsp3) is 0.385. The molecule has 0 radical (unpaired) electrons. The molecule has 1 atom stereocenters. The first kappa shape index (κ1) is 30.2. The zero-order valence-corrected chi connectivity index (χ0v) is 21.5. The summed E-state index contributed by atoms with van der Waals surface area (Å²) < 4.78 is 52.0. The standard InChI is InChI=1S/C24H26FN7O.C2HF3O2/c1-3-4-13-24(28-29-24)14-15-26-22(19-11-9-18(16-25)10-12-19)23-27-30-31-32(23)17-20-7-5-6-8-21(20)33-2;3-2(4,5)1(6)7/h1,5-12,22,26H,4,13-17H2,2H3;(H,6,7). The van der Waals surface area contributed by atoms with Gasteiger partial charge in [-0.25, -0.2) is 13.9 Å². The van der Waals surface area contributed by atoms with Crippen LogP contribution >= 0.6 is 0 Å². The second-order valence-electron chi connectivity index (χ2n) is 8.71. The highest BCUT2D eigenvalue weighted by molar-refractivity contribution is 5.73. The number of rotatable bonds is 12. The van der Waals surface area contributed by atoms with Gasteiger partial charge < -0.3 is 15.2 Å². The maximum atomic E-state index is 13.1. The Kier molecular flexibility index (Phi) is 10.3. The number of terminal acetylenes is 1. The van der Waals surface area contributed by atoms with Gasteiger partial charge in [0, 0.05) is 31.4 Å². The van der Waals surface area contributed by atoms with Gasteiger partial charge in [-0.2, -0.15) is 23.4 Å². The van der Waals surface area contributed by atoms with Crippen molar-refractivity contribution in [3.05, 3.63) is 71.0 Å². The molecule has 10 nitrogen and oxygen atoms in total. The molecule has 0 spiro atoms. The second-order valence-corrected chi connectivity index (χ2v) is 8.71. The molecular weight excluding hydrogens is 534 g/mol. The van der Waals surface area contributed by atoms with E-state index in [-0.39, 0.29) is 11.7 Å². The number of carboxylic acid groups (broad SMARTS) is 1. The van der Waals surface area contributed by atoms with Crippen LogP contribution in [-0.2, 0) is 18.0 Å². The van der Waals surface area contributed by atoms with E-state index in [1.54, 1.807) is 23.9 Å². The third-order valence-corrected chi connectivity index (χ3v) is 5.97. The van der Waals surface area contributed by atoms with Crippen molar-refractivity contribution in [3.63, 3.8) is 0 Å². The number of hydrogen-bond donors (Lipinski definition) is 2. The molecular formula is C26H27F4N7O3. The number of aromatic nitrogens is 4. The summed E-state index contributed by atoms with van der Waals surface area (Å²) in [6.07, 6.45) is 2.42. The van der Waals surface area contributed by atoms with Gasteiger partial charge in [0.2, 0.25) is 0 Å². The van der Waals surface area contributed by atoms with Gasteiger partial charge >= 0.3 is 12.1 Å². The third kappa shape index (κ3) is 8.31. The minimum absolute atomic E-state index is 0.299. The number of para-hydroxylation sites is 1. The summed E-state index contributed by atoms with van der Waals surface area (Å²) in [6.45, 7) is 0.573. The van der Waals surface area contributed by atoms with Crippen LogP contribution in [0.2, 0.25) is 0 Å². The van der Waals surface area contributed by atoms with Crippen molar-refractivity contribution in [1.82, 2.24) is 25.5 Å². The maximum Gasteiger partial charge on any atom is 0.490 e. The first-order valence-electron chi connectivity index (χ1n) is 12.1. The smallest absolute Gasteiger partial charge is 0.490 e. The lowest BCUT2D eigenvalue weighted by atomic mass is 10.0. The van der Waals surface area contributed by atoms with Gasteiger partial charge in [0.05, 0.1) is 19.7 Å². The Bertz CT molecular complexity index is 1330. The third-order valence-electron chi connectivity index (χ3n) is 5.97. The zero-order valence-electron chi connectivity index (χ0n) is 21.5. The predicted octanol–water partition coefficient (Wildman–Crippen LogP) is 4.48. The van der Waals surface area contributed by atoms with Crippen LogP contribution in [0.3, 0.4) is 0 Å². The molecule has 40 heavy (non-hydrogen) atoms. The van der Waals surface area contributed by atoms with Gasteiger partial charge in [0.1, 0.15) is 12.4 Å². The molecule has 0 fully saturated rings. The van der Waals surface area contributed by atoms with Crippen LogP contribution in [0.1, 0.15) is 47.8 Å². The molecule has 1 aliphatic heterocycles. The van der Waals surface area contributed by atoms with Crippen LogP contribution in [-0.4, -0.2) is 56.8 Å². The average molecular weight is 562 g/mol. The minimum Gasteiger partial charge on any atom is -0.496 e. The van der Waals surface area contributed by atoms with Crippen LogP contribution in [0.5, 0.6) is 5.75 Å². The summed E-state index contributed by atoms with van der Waals surface area (Å²) in [5.74, 6) is 1.31. The summed E-state index contributed by atoms with van der Waals surface area (Å²) >= 11 is 0. The number of ether oxygens (including phenoxy) is 1. The Morgan fingerprint density at radius 3 is 2.42 bits per heavy atom. The fourth-order valence-electron chi connectivity index (χ4n) is 3.77. The fourth-order valence-corrected chi connectivity index (χ4v) is 3.77. The van der Waals surface area contributed by atoms with Crippen LogP contribution < -0.4 is 10.1 Å². The number of methoxy groups -OCH3 is 1. The van der Waals surface area contributed by atoms with Crippen LogP contribution in [0.15, 0.2) is 58.8 Å². The number of aliphatic carboxylic acids is 1. The number of nitrogens with zero attached hydrogens (tertiary/aromatic N) is 6. The van der Waals surface area contributed by atoms with E-state index in [0.717, 1.165) is 29.7 Å². The summed E-state index contributed by atoms with van der Waals surface area (Å²) in [5, 5.41) is 31.5. The molecule has 0 bridgehead atoms. The van der Waals surface area contributed by atoms with E-state index in [9.17, 15) is 17.6 Å². The molecule has 0 saturated carbocycles. The molecule has 212 valence electrons. The number of halogens is 4. The first-order valence-corrected chi connectivity index (χ1v) is 12.1. The molecule has 3 aromatic rings. The highest BCUT2D eigenvalue weighted by Crippen LogP contribution is 2.36. The second kappa shape index (κ2) is 13.6. The minimum atomic E-state index is -5.08. The normalized spacial score (nSPS) is 14.0. The summed E-state index contributed by atoms with van der Waals surface area (Å²) in [4.78, 5) is 8.90. The van der Waals surface area contributed by atoms with E-state index in [2.05, 4.69) is 37.0 Å². The number of alkyl halides is 4. The van der Waals surface area contributed by atoms with E-state index in [0.29, 0.717) is 30.9 Å². The molecule has 0 amide bonds.